The van der Waals surface area contributed by atoms with Gasteiger partial charge in [-0.3, -0.25) is 10.1 Å². The van der Waals surface area contributed by atoms with Gasteiger partial charge in [0.25, 0.3) is 0 Å². The summed E-state index contributed by atoms with van der Waals surface area (Å²) in [5.74, 6) is -0.272. The summed E-state index contributed by atoms with van der Waals surface area (Å²) in [7, 11) is 0. The van der Waals surface area contributed by atoms with Crippen LogP contribution in [0.15, 0.2) is 73.6 Å². The van der Waals surface area contributed by atoms with E-state index in [0.29, 0.717) is 11.2 Å². The predicted molar refractivity (Wildman–Crippen MR) is 126 cm³/mol. The predicted octanol–water partition coefficient (Wildman–Crippen LogP) is 4.45. The van der Waals surface area contributed by atoms with Crippen molar-refractivity contribution in [2.24, 2.45) is 0 Å². The Hall–Kier alpha value is -4.32. The molecule has 0 atom stereocenters. The van der Waals surface area contributed by atoms with Gasteiger partial charge in [-0.05, 0) is 54.5 Å². The van der Waals surface area contributed by atoms with Crippen molar-refractivity contribution in [2.45, 2.75) is 6.92 Å². The van der Waals surface area contributed by atoms with E-state index in [4.69, 9.17) is 0 Å². The standard InChI is InChI=1S/C26H20FN5/c1-3-22-20(14-16(2)23-10-6-7-12-28-23)25(32-31-22)24-15-19-17(11-13-29-26(19)30-24)18-8-4-5-9-21(18)27/h3-15,31H,2H2,1H3,(H,29,30)/b20-14+,22-3+. The second-order valence-electron chi connectivity index (χ2n) is 7.36. The van der Waals surface area contributed by atoms with Gasteiger partial charge in [0.15, 0.2) is 0 Å². The Bertz CT molecular complexity index is 1560. The van der Waals surface area contributed by atoms with E-state index in [2.05, 4.69) is 31.7 Å². The molecule has 0 fully saturated rings. The molecule has 0 radical (unpaired) electrons. The Morgan fingerprint density at radius 2 is 1.84 bits per heavy atom. The maximum atomic E-state index is 14.5. The normalized spacial score (nSPS) is 12.6. The van der Waals surface area contributed by atoms with E-state index in [9.17, 15) is 4.39 Å². The number of aromatic nitrogens is 5. The molecule has 0 saturated heterocycles. The first-order chi connectivity index (χ1) is 15.7. The minimum absolute atomic E-state index is 0.272. The van der Waals surface area contributed by atoms with Crippen LogP contribution in [-0.2, 0) is 0 Å². The fourth-order valence-electron chi connectivity index (χ4n) is 3.81. The quantitative estimate of drug-likeness (QED) is 0.450. The first kappa shape index (κ1) is 19.6. The molecule has 2 N–H and O–H groups in total. The van der Waals surface area contributed by atoms with Gasteiger partial charge in [-0.2, -0.15) is 5.10 Å². The molecule has 1 aromatic carbocycles. The van der Waals surface area contributed by atoms with Gasteiger partial charge >= 0.3 is 0 Å². The number of pyridine rings is 2. The van der Waals surface area contributed by atoms with E-state index in [1.807, 2.05) is 55.5 Å². The third kappa shape index (κ3) is 3.41. The molecular formula is C26H20FN5. The van der Waals surface area contributed by atoms with Gasteiger partial charge in [0.05, 0.1) is 16.7 Å². The number of rotatable bonds is 4. The van der Waals surface area contributed by atoms with Gasteiger partial charge in [0, 0.05) is 28.6 Å². The minimum atomic E-state index is -0.272. The number of fused-ring (bicyclic) bond motifs is 1. The average Bonchev–Trinajstić information content (AvgIpc) is 3.43. The number of allylic oxidation sites excluding steroid dienone is 1. The van der Waals surface area contributed by atoms with Gasteiger partial charge in [-0.25, -0.2) is 9.37 Å². The Morgan fingerprint density at radius 3 is 2.62 bits per heavy atom. The van der Waals surface area contributed by atoms with Crippen LogP contribution in [0.3, 0.4) is 0 Å². The van der Waals surface area contributed by atoms with E-state index < -0.39 is 0 Å². The molecule has 0 saturated carbocycles. The number of halogens is 1. The number of H-pyrrole nitrogens is 2. The molecule has 0 aliphatic carbocycles. The maximum Gasteiger partial charge on any atom is 0.138 e. The molecule has 5 aromatic rings. The number of hydrogen-bond acceptors (Lipinski definition) is 3. The molecule has 6 heteroatoms. The van der Waals surface area contributed by atoms with Crippen molar-refractivity contribution in [2.75, 3.05) is 0 Å². The zero-order valence-corrected chi connectivity index (χ0v) is 17.4. The second kappa shape index (κ2) is 8.07. The van der Waals surface area contributed by atoms with Crippen molar-refractivity contribution < 1.29 is 4.39 Å². The van der Waals surface area contributed by atoms with Gasteiger partial charge in [-0.1, -0.05) is 36.9 Å². The average molecular weight is 421 g/mol. The van der Waals surface area contributed by atoms with E-state index in [0.717, 1.165) is 44.2 Å². The van der Waals surface area contributed by atoms with Gasteiger partial charge in [0.1, 0.15) is 17.2 Å². The molecule has 4 aromatic heterocycles. The first-order valence-corrected chi connectivity index (χ1v) is 10.2. The number of benzene rings is 1. The molecule has 5 rings (SSSR count). The van der Waals surface area contributed by atoms with Crippen LogP contribution in [0, 0.1) is 5.82 Å². The Labute approximate surface area is 183 Å². The van der Waals surface area contributed by atoms with Crippen LogP contribution in [0.5, 0.6) is 0 Å². The van der Waals surface area contributed by atoms with Crippen molar-refractivity contribution in [3.63, 3.8) is 0 Å². The summed E-state index contributed by atoms with van der Waals surface area (Å²) < 4.78 is 14.5. The van der Waals surface area contributed by atoms with Gasteiger partial charge in [0.2, 0.25) is 0 Å². The number of hydrogen-bond donors (Lipinski definition) is 2. The van der Waals surface area contributed by atoms with E-state index in [-0.39, 0.29) is 5.82 Å². The minimum Gasteiger partial charge on any atom is -0.338 e. The first-order valence-electron chi connectivity index (χ1n) is 10.2. The van der Waals surface area contributed by atoms with Gasteiger partial charge in [-0.15, -0.1) is 0 Å². The molecule has 0 bridgehead atoms. The van der Waals surface area contributed by atoms with E-state index >= 15 is 0 Å². The van der Waals surface area contributed by atoms with Crippen LogP contribution in [0.1, 0.15) is 12.6 Å². The van der Waals surface area contributed by atoms with E-state index in [1.54, 1.807) is 24.5 Å². The summed E-state index contributed by atoms with van der Waals surface area (Å²) in [5, 5.41) is 10.2. The van der Waals surface area contributed by atoms with Crippen LogP contribution in [0.2, 0.25) is 0 Å². The fraction of sp³-hybridized carbons (Fsp3) is 0.0385. The number of nitrogens with one attached hydrogen (secondary N) is 2. The lowest BCUT2D eigenvalue weighted by molar-refractivity contribution is 0.631. The summed E-state index contributed by atoms with van der Waals surface area (Å²) in [6, 6.07) is 16.2. The van der Waals surface area contributed by atoms with Crippen LogP contribution in [-0.4, -0.2) is 25.1 Å². The molecular weight excluding hydrogens is 401 g/mol. The zero-order chi connectivity index (χ0) is 22.1. The summed E-state index contributed by atoms with van der Waals surface area (Å²) >= 11 is 0. The third-order valence-corrected chi connectivity index (χ3v) is 5.39. The van der Waals surface area contributed by atoms with Crippen molar-refractivity contribution in [3.8, 4) is 22.5 Å². The summed E-state index contributed by atoms with van der Waals surface area (Å²) in [6.07, 6.45) is 7.34. The molecule has 0 aliphatic heterocycles. The molecule has 156 valence electrons. The molecule has 0 amide bonds. The Balaban J connectivity index is 1.69. The summed E-state index contributed by atoms with van der Waals surface area (Å²) in [6.45, 7) is 6.12. The molecule has 0 spiro atoms. The highest BCUT2D eigenvalue weighted by Crippen LogP contribution is 2.31. The van der Waals surface area contributed by atoms with Crippen molar-refractivity contribution >= 4 is 28.8 Å². The second-order valence-corrected chi connectivity index (χ2v) is 7.36. The highest BCUT2D eigenvalue weighted by Gasteiger charge is 2.14. The van der Waals surface area contributed by atoms with E-state index in [1.165, 1.54) is 6.07 Å². The van der Waals surface area contributed by atoms with Crippen molar-refractivity contribution in [3.05, 3.63) is 95.6 Å². The highest BCUT2D eigenvalue weighted by atomic mass is 19.1. The maximum absolute atomic E-state index is 14.5. The Morgan fingerprint density at radius 1 is 1.00 bits per heavy atom. The number of nitrogens with zero attached hydrogens (tertiary/aromatic N) is 3. The molecule has 5 nitrogen and oxygen atoms in total. The lowest BCUT2D eigenvalue weighted by Gasteiger charge is -2.04. The number of aromatic amines is 2. The molecule has 0 aliphatic rings. The molecule has 4 heterocycles. The molecule has 0 unspecified atom stereocenters. The Kier molecular flexibility index (Phi) is 4.95. The van der Waals surface area contributed by atoms with Crippen LogP contribution >= 0.6 is 0 Å². The topological polar surface area (TPSA) is 70.2 Å². The lowest BCUT2D eigenvalue weighted by Crippen LogP contribution is -2.23. The largest absolute Gasteiger partial charge is 0.338 e. The monoisotopic (exact) mass is 421 g/mol. The van der Waals surface area contributed by atoms with Crippen LogP contribution in [0.4, 0.5) is 4.39 Å². The summed E-state index contributed by atoms with van der Waals surface area (Å²) in [4.78, 5) is 12.2. The lowest BCUT2D eigenvalue weighted by atomic mass is 10.0. The van der Waals surface area contributed by atoms with Crippen molar-refractivity contribution in [1.82, 2.24) is 25.1 Å². The fourth-order valence-corrected chi connectivity index (χ4v) is 3.81. The highest BCUT2D eigenvalue weighted by molar-refractivity contribution is 5.96. The smallest absolute Gasteiger partial charge is 0.138 e. The molecule has 32 heavy (non-hydrogen) atoms. The van der Waals surface area contributed by atoms with Gasteiger partial charge < -0.3 is 4.98 Å². The van der Waals surface area contributed by atoms with Crippen molar-refractivity contribution in [1.29, 1.82) is 0 Å². The van der Waals surface area contributed by atoms with Crippen LogP contribution < -0.4 is 10.6 Å². The zero-order valence-electron chi connectivity index (χ0n) is 17.4. The van der Waals surface area contributed by atoms with Crippen LogP contribution in [0.25, 0.3) is 51.3 Å². The third-order valence-electron chi connectivity index (χ3n) is 5.39. The summed E-state index contributed by atoms with van der Waals surface area (Å²) in [5.41, 5.74) is 5.05. The SMILES string of the molecule is C=C(/C=c1/c(-c2cc3c(-c4ccccc4F)ccnc3[nH]2)n[nH]/c1=C/C)c1ccccn1.